The Labute approximate surface area is 128 Å². The molecule has 1 aromatic rings. The number of amides is 1. The number of thiocarbonyl (C=S) groups is 1. The van der Waals surface area contributed by atoms with Crippen LogP contribution in [-0.2, 0) is 9.59 Å². The molecule has 1 saturated carbocycles. The highest BCUT2D eigenvalue weighted by Crippen LogP contribution is 2.42. The maximum atomic E-state index is 12.1. The van der Waals surface area contributed by atoms with Crippen LogP contribution in [0.15, 0.2) is 10.3 Å². The van der Waals surface area contributed by atoms with E-state index in [-0.39, 0.29) is 10.2 Å². The molecule has 8 heteroatoms. The van der Waals surface area contributed by atoms with Crippen LogP contribution in [0, 0.1) is 0 Å². The van der Waals surface area contributed by atoms with Crippen molar-refractivity contribution in [1.29, 1.82) is 0 Å². The van der Waals surface area contributed by atoms with E-state index in [0.717, 1.165) is 27.4 Å². The van der Waals surface area contributed by atoms with Gasteiger partial charge in [0.25, 0.3) is 5.91 Å². The topological polar surface area (TPSA) is 70.5 Å². The lowest BCUT2D eigenvalue weighted by Gasteiger charge is -2.09. The molecule has 1 amide bonds. The number of thiazole rings is 1. The number of rotatable bonds is 4. The van der Waals surface area contributed by atoms with Crippen LogP contribution in [0.4, 0.5) is 0 Å². The van der Waals surface area contributed by atoms with E-state index in [1.807, 2.05) is 5.38 Å². The maximum Gasteiger partial charge on any atom is 0.323 e. The molecule has 104 valence electrons. The number of hydrogen-bond donors (Lipinski definition) is 1. The largest absolute Gasteiger partial charge is 0.480 e. The first-order chi connectivity index (χ1) is 9.54. The average Bonchev–Trinajstić information content (AvgIpc) is 3.09. The van der Waals surface area contributed by atoms with Crippen LogP contribution < -0.4 is 0 Å². The van der Waals surface area contributed by atoms with Crippen molar-refractivity contribution in [2.45, 2.75) is 18.8 Å². The molecular formula is C12H10N2O3S3. The lowest BCUT2D eigenvalue weighted by molar-refractivity contribution is -0.140. The van der Waals surface area contributed by atoms with E-state index in [9.17, 15) is 9.59 Å². The number of thioether (sulfide) groups is 1. The monoisotopic (exact) mass is 326 g/mol. The summed E-state index contributed by atoms with van der Waals surface area (Å²) in [4.78, 5) is 28.8. The normalized spacial score (nSPS) is 21.0. The van der Waals surface area contributed by atoms with Crippen molar-refractivity contribution in [3.8, 4) is 0 Å². The Hall–Kier alpha value is -1.25. The van der Waals surface area contributed by atoms with Gasteiger partial charge in [-0.15, -0.1) is 11.3 Å². The summed E-state index contributed by atoms with van der Waals surface area (Å²) in [7, 11) is 0. The number of aromatic nitrogens is 1. The van der Waals surface area contributed by atoms with Crippen LogP contribution in [0.25, 0.3) is 6.08 Å². The zero-order valence-electron chi connectivity index (χ0n) is 10.2. The Kier molecular flexibility index (Phi) is 3.61. The summed E-state index contributed by atoms with van der Waals surface area (Å²) in [6.45, 7) is -0.396. The van der Waals surface area contributed by atoms with Crippen LogP contribution in [-0.4, -0.2) is 37.7 Å². The van der Waals surface area contributed by atoms with Gasteiger partial charge in [0.15, 0.2) is 0 Å². The van der Waals surface area contributed by atoms with Crippen molar-refractivity contribution >= 4 is 57.6 Å². The molecule has 0 bridgehead atoms. The van der Waals surface area contributed by atoms with Crippen molar-refractivity contribution in [1.82, 2.24) is 9.88 Å². The van der Waals surface area contributed by atoms with Gasteiger partial charge in [-0.3, -0.25) is 14.5 Å². The predicted molar refractivity (Wildman–Crippen MR) is 81.6 cm³/mol. The van der Waals surface area contributed by atoms with Crippen molar-refractivity contribution in [3.63, 3.8) is 0 Å². The maximum absolute atomic E-state index is 12.1. The summed E-state index contributed by atoms with van der Waals surface area (Å²) in [5, 5.41) is 11.8. The quantitative estimate of drug-likeness (QED) is 0.676. The number of carbonyl (C=O) groups excluding carboxylic acids is 1. The van der Waals surface area contributed by atoms with Gasteiger partial charge in [0.2, 0.25) is 0 Å². The molecule has 1 aliphatic carbocycles. The van der Waals surface area contributed by atoms with Gasteiger partial charge in [0, 0.05) is 11.3 Å². The molecule has 1 N–H and O–H groups in total. The van der Waals surface area contributed by atoms with E-state index in [4.69, 9.17) is 17.3 Å². The number of carboxylic acids is 1. The summed E-state index contributed by atoms with van der Waals surface area (Å²) in [5.41, 5.74) is 0.743. The Morgan fingerprint density at radius 3 is 3.00 bits per heavy atom. The number of hydrogen-bond acceptors (Lipinski definition) is 6. The summed E-state index contributed by atoms with van der Waals surface area (Å²) in [6, 6.07) is 0. The molecule has 1 aromatic heterocycles. The van der Waals surface area contributed by atoms with Gasteiger partial charge < -0.3 is 5.11 Å². The Balaban J connectivity index is 1.79. The minimum absolute atomic E-state index is 0.279. The van der Waals surface area contributed by atoms with E-state index in [1.54, 1.807) is 17.4 Å². The molecule has 0 atom stereocenters. The highest BCUT2D eigenvalue weighted by Gasteiger charge is 2.33. The summed E-state index contributed by atoms with van der Waals surface area (Å²) in [5.74, 6) is -0.848. The first kappa shape index (κ1) is 13.7. The van der Waals surface area contributed by atoms with E-state index in [1.165, 1.54) is 12.8 Å². The molecule has 2 heterocycles. The van der Waals surface area contributed by atoms with E-state index in [0.29, 0.717) is 10.8 Å². The standard InChI is InChI=1S/C12H10N2O3S3/c15-9(16)4-14-11(17)8(20-12(14)18)3-7-5-19-10(13-7)6-1-2-6/h3,5-6H,1-2,4H2,(H,15,16)/b8-3-. The molecule has 20 heavy (non-hydrogen) atoms. The third-order valence-corrected chi connectivity index (χ3v) is 5.32. The van der Waals surface area contributed by atoms with Crippen LogP contribution in [0.5, 0.6) is 0 Å². The summed E-state index contributed by atoms with van der Waals surface area (Å²) < 4.78 is 0.279. The van der Waals surface area contributed by atoms with Crippen LogP contribution in [0.1, 0.15) is 29.5 Å². The molecule has 2 fully saturated rings. The Morgan fingerprint density at radius 1 is 1.60 bits per heavy atom. The van der Waals surface area contributed by atoms with Gasteiger partial charge in [-0.25, -0.2) is 4.98 Å². The molecule has 0 spiro atoms. The molecule has 0 radical (unpaired) electrons. The lowest BCUT2D eigenvalue weighted by Crippen LogP contribution is -2.33. The average molecular weight is 326 g/mol. The molecule has 1 aliphatic heterocycles. The summed E-state index contributed by atoms with van der Waals surface area (Å²) >= 11 is 7.75. The van der Waals surface area contributed by atoms with Crippen LogP contribution >= 0.6 is 35.3 Å². The third-order valence-electron chi connectivity index (χ3n) is 2.91. The third kappa shape index (κ3) is 2.77. The second-order valence-electron chi connectivity index (χ2n) is 4.55. The van der Waals surface area contributed by atoms with Crippen molar-refractivity contribution < 1.29 is 14.7 Å². The second kappa shape index (κ2) is 5.27. The van der Waals surface area contributed by atoms with Crippen molar-refractivity contribution in [3.05, 3.63) is 21.0 Å². The van der Waals surface area contributed by atoms with E-state index >= 15 is 0 Å². The first-order valence-corrected chi connectivity index (χ1v) is 8.07. The zero-order valence-corrected chi connectivity index (χ0v) is 12.7. The predicted octanol–water partition coefficient (Wildman–Crippen LogP) is 2.31. The Bertz CT molecular complexity index is 634. The highest BCUT2D eigenvalue weighted by atomic mass is 32.2. The number of carbonyl (C=O) groups is 2. The van der Waals surface area contributed by atoms with Crippen molar-refractivity contribution in [2.24, 2.45) is 0 Å². The van der Waals surface area contributed by atoms with Gasteiger partial charge in [0.05, 0.1) is 15.6 Å². The van der Waals surface area contributed by atoms with Gasteiger partial charge in [-0.2, -0.15) is 0 Å². The minimum Gasteiger partial charge on any atom is -0.480 e. The van der Waals surface area contributed by atoms with Gasteiger partial charge in [0.1, 0.15) is 10.9 Å². The molecule has 0 unspecified atom stereocenters. The lowest BCUT2D eigenvalue weighted by atomic mass is 10.3. The number of carboxylic acid groups (broad SMARTS) is 1. The first-order valence-electron chi connectivity index (χ1n) is 5.97. The van der Waals surface area contributed by atoms with Gasteiger partial charge >= 0.3 is 5.97 Å². The zero-order chi connectivity index (χ0) is 14.3. The van der Waals surface area contributed by atoms with Crippen LogP contribution in [0.2, 0.25) is 0 Å². The van der Waals surface area contributed by atoms with E-state index < -0.39 is 12.5 Å². The van der Waals surface area contributed by atoms with Gasteiger partial charge in [-0.05, 0) is 18.9 Å². The Morgan fingerprint density at radius 2 is 2.35 bits per heavy atom. The fourth-order valence-electron chi connectivity index (χ4n) is 1.79. The molecule has 0 aromatic carbocycles. The smallest absolute Gasteiger partial charge is 0.323 e. The molecule has 1 saturated heterocycles. The molecule has 2 aliphatic rings. The number of aliphatic carboxylic acids is 1. The SMILES string of the molecule is O=C(O)CN1C(=O)/C(=C/c2csc(C3CC3)n2)SC1=S. The fourth-order valence-corrected chi connectivity index (χ4v) is 3.98. The minimum atomic E-state index is -1.08. The molecule has 3 rings (SSSR count). The van der Waals surface area contributed by atoms with Gasteiger partial charge in [-0.1, -0.05) is 24.0 Å². The highest BCUT2D eigenvalue weighted by molar-refractivity contribution is 8.26. The fraction of sp³-hybridized carbons (Fsp3) is 0.333. The van der Waals surface area contributed by atoms with Crippen molar-refractivity contribution in [2.75, 3.05) is 6.54 Å². The molecular weight excluding hydrogens is 316 g/mol. The van der Waals surface area contributed by atoms with Crippen LogP contribution in [0.3, 0.4) is 0 Å². The second-order valence-corrected chi connectivity index (χ2v) is 7.11. The summed E-state index contributed by atoms with van der Waals surface area (Å²) in [6.07, 6.45) is 4.06. The molecule has 5 nitrogen and oxygen atoms in total. The number of nitrogens with zero attached hydrogens (tertiary/aromatic N) is 2. The van der Waals surface area contributed by atoms with E-state index in [2.05, 4.69) is 4.98 Å².